The second-order valence-corrected chi connectivity index (χ2v) is 12.8. The molecule has 0 saturated carbocycles. The second-order valence-electron chi connectivity index (χ2n) is 11.2. The van der Waals surface area contributed by atoms with Crippen LogP contribution in [0.15, 0.2) is 109 Å². The lowest BCUT2D eigenvalue weighted by molar-refractivity contribution is -0.159. The molecule has 4 aromatic rings. The minimum absolute atomic E-state index is 0.0522. The number of aliphatic hydroxyl groups is 1. The van der Waals surface area contributed by atoms with Crippen molar-refractivity contribution >= 4 is 87.4 Å². The molecule has 0 spiro atoms. The third-order valence-corrected chi connectivity index (χ3v) is 9.19. The third-order valence-electron chi connectivity index (χ3n) is 7.55. The van der Waals surface area contributed by atoms with Crippen molar-refractivity contribution in [2.45, 2.75) is 45.8 Å². The number of hydrogen-bond acceptors (Lipinski definition) is 10. The van der Waals surface area contributed by atoms with Crippen molar-refractivity contribution in [3.8, 4) is 0 Å². The van der Waals surface area contributed by atoms with E-state index in [1.165, 1.54) is 6.92 Å². The molecule has 0 aromatic heterocycles. The van der Waals surface area contributed by atoms with E-state index < -0.39 is 42.1 Å². The van der Waals surface area contributed by atoms with Crippen LogP contribution >= 0.6 is 46.4 Å². The highest BCUT2D eigenvalue weighted by molar-refractivity contribution is 6.44. The second kappa shape index (κ2) is 19.3. The maximum atomic E-state index is 12.4. The van der Waals surface area contributed by atoms with Gasteiger partial charge in [-0.2, -0.15) is 0 Å². The average molecular weight is 814 g/mol. The van der Waals surface area contributed by atoms with E-state index in [1.54, 1.807) is 98.8 Å². The largest absolute Gasteiger partial charge is 0.507 e. The number of carbonyl (C=O) groups excluding carboxylic acids is 5. The molecule has 0 radical (unpaired) electrons. The Morgan fingerprint density at radius 2 is 1.06 bits per heavy atom. The van der Waals surface area contributed by atoms with Gasteiger partial charge >= 0.3 is 29.8 Å². The molecule has 14 heteroatoms. The average Bonchev–Trinajstić information content (AvgIpc) is 3.64. The molecule has 2 heterocycles. The van der Waals surface area contributed by atoms with E-state index in [9.17, 15) is 29.1 Å². The fourth-order valence-electron chi connectivity index (χ4n) is 5.02. The highest BCUT2D eigenvalue weighted by Crippen LogP contribution is 2.44. The summed E-state index contributed by atoms with van der Waals surface area (Å²) >= 11 is 24.3. The van der Waals surface area contributed by atoms with Gasteiger partial charge in [-0.05, 0) is 12.1 Å². The van der Waals surface area contributed by atoms with Gasteiger partial charge in [-0.1, -0.05) is 145 Å². The molecule has 0 aliphatic carbocycles. The quantitative estimate of drug-likeness (QED) is 0.109. The van der Waals surface area contributed by atoms with E-state index in [0.29, 0.717) is 32.3 Å². The van der Waals surface area contributed by atoms with E-state index in [0.717, 1.165) is 0 Å². The first-order chi connectivity index (χ1) is 25.8. The van der Waals surface area contributed by atoms with Gasteiger partial charge in [0.2, 0.25) is 0 Å². The molecule has 0 bridgehead atoms. The Labute approximate surface area is 330 Å². The fraction of sp³-hybridized carbons (Fsp3) is 0.175. The van der Waals surface area contributed by atoms with Crippen molar-refractivity contribution in [3.05, 3.63) is 151 Å². The topological polar surface area (TPSA) is 143 Å². The molecule has 0 fully saturated rings. The third kappa shape index (κ3) is 10.1. The minimum Gasteiger partial charge on any atom is -0.507 e. The molecule has 1 N–H and O–H groups in total. The summed E-state index contributed by atoms with van der Waals surface area (Å²) < 4.78 is 20.3. The zero-order chi connectivity index (χ0) is 39.5. The van der Waals surface area contributed by atoms with E-state index >= 15 is 0 Å². The van der Waals surface area contributed by atoms with Gasteiger partial charge in [-0.3, -0.25) is 14.4 Å². The maximum Gasteiger partial charge on any atom is 0.343 e. The normalized spacial score (nSPS) is 16.0. The molecule has 2 unspecified atom stereocenters. The molecular weight excluding hydrogens is 782 g/mol. The van der Waals surface area contributed by atoms with Gasteiger partial charge in [-0.25, -0.2) is 9.59 Å². The summed E-state index contributed by atoms with van der Waals surface area (Å²) in [5, 5.41) is 11.4. The Bertz CT molecular complexity index is 2100. The maximum absolute atomic E-state index is 12.4. The minimum atomic E-state index is -0.816. The summed E-state index contributed by atoms with van der Waals surface area (Å²) in [4.78, 5) is 56.7. The monoisotopic (exact) mass is 812 g/mol. The van der Waals surface area contributed by atoms with Crippen LogP contribution in [0.5, 0.6) is 0 Å². The van der Waals surface area contributed by atoms with Crippen LogP contribution in [0, 0.1) is 0 Å². The number of ether oxygens (including phenoxy) is 4. The standard InChI is InChI=1S/C18H12Cl2O4.C16H10Cl2O3.C6H10O3/c1-10(21)23-17-14(12-8-5-9-13(19)15(12)20)18(22)24-16(17)11-6-3-2-4-7-11;17-11-8-4-7-10(13(11)18)12-14(19)15(21-16(12)20)9-5-2-1-3-6-9;1-3-5(7)9-6(8)4-2/h2-9,16H,1H3;1-8,15,19H;3-4H2,1-2H3. The summed E-state index contributed by atoms with van der Waals surface area (Å²) in [6, 6.07) is 27.8. The van der Waals surface area contributed by atoms with E-state index in [1.807, 2.05) is 12.1 Å². The fourth-order valence-corrected chi connectivity index (χ4v) is 5.81. The van der Waals surface area contributed by atoms with Crippen molar-refractivity contribution in [1.29, 1.82) is 0 Å². The first-order valence-corrected chi connectivity index (χ1v) is 17.8. The number of esters is 5. The predicted molar refractivity (Wildman–Crippen MR) is 203 cm³/mol. The van der Waals surface area contributed by atoms with Crippen LogP contribution in [0.1, 0.15) is 68.1 Å². The van der Waals surface area contributed by atoms with E-state index in [2.05, 4.69) is 4.74 Å². The molecule has 2 aliphatic heterocycles. The first kappa shape index (κ1) is 41.6. The highest BCUT2D eigenvalue weighted by atomic mass is 35.5. The number of cyclic esters (lactones) is 2. The Hall–Kier alpha value is -5.13. The molecule has 2 atom stereocenters. The number of aliphatic hydroxyl groups excluding tert-OH is 1. The number of benzene rings is 4. The molecule has 2 aliphatic rings. The lowest BCUT2D eigenvalue weighted by Gasteiger charge is -2.13. The summed E-state index contributed by atoms with van der Waals surface area (Å²) in [6.07, 6.45) is -1.12. The lowest BCUT2D eigenvalue weighted by Crippen LogP contribution is -2.09. The summed E-state index contributed by atoms with van der Waals surface area (Å²) in [5.74, 6) is -2.75. The number of rotatable bonds is 7. The predicted octanol–water partition coefficient (Wildman–Crippen LogP) is 10.0. The van der Waals surface area contributed by atoms with Crippen molar-refractivity contribution < 1.29 is 48.0 Å². The smallest absolute Gasteiger partial charge is 0.343 e. The molecule has 0 saturated heterocycles. The summed E-state index contributed by atoms with van der Waals surface area (Å²) in [7, 11) is 0. The molecule has 280 valence electrons. The van der Waals surface area contributed by atoms with Crippen molar-refractivity contribution in [2.24, 2.45) is 0 Å². The Balaban J connectivity index is 0.000000199. The molecule has 4 aromatic carbocycles. The Kier molecular flexibility index (Phi) is 14.9. The molecule has 0 amide bonds. The van der Waals surface area contributed by atoms with Crippen LogP contribution in [-0.2, 0) is 42.9 Å². The van der Waals surface area contributed by atoms with Crippen LogP contribution in [0.4, 0.5) is 0 Å². The molecule has 6 rings (SSSR count). The van der Waals surface area contributed by atoms with Gasteiger partial charge in [0.25, 0.3) is 0 Å². The van der Waals surface area contributed by atoms with Gasteiger partial charge < -0.3 is 24.1 Å². The molecule has 54 heavy (non-hydrogen) atoms. The highest BCUT2D eigenvalue weighted by Gasteiger charge is 2.40. The van der Waals surface area contributed by atoms with E-state index in [4.69, 9.17) is 60.6 Å². The SMILES string of the molecule is CC(=O)OC1=C(c2cccc(Cl)c2Cl)C(=O)OC1c1ccccc1.CCC(=O)OC(=O)CC.O=C1OC(c2ccccc2)C(O)=C1c1cccc(Cl)c1Cl. The van der Waals surface area contributed by atoms with Crippen LogP contribution in [0.3, 0.4) is 0 Å². The number of carbonyl (C=O) groups is 5. The van der Waals surface area contributed by atoms with Gasteiger partial charge in [0.15, 0.2) is 23.7 Å². The Morgan fingerprint density at radius 1 is 0.630 bits per heavy atom. The number of hydrogen-bond donors (Lipinski definition) is 1. The van der Waals surface area contributed by atoms with Crippen molar-refractivity contribution in [1.82, 2.24) is 0 Å². The van der Waals surface area contributed by atoms with E-state index in [-0.39, 0.29) is 45.6 Å². The Morgan fingerprint density at radius 3 is 1.52 bits per heavy atom. The number of halogens is 4. The summed E-state index contributed by atoms with van der Waals surface area (Å²) in [5.41, 5.74) is 2.27. The zero-order valence-corrected chi connectivity index (χ0v) is 32.0. The first-order valence-electron chi connectivity index (χ1n) is 16.3. The van der Waals surface area contributed by atoms with Crippen LogP contribution in [-0.4, -0.2) is 35.0 Å². The van der Waals surface area contributed by atoms with Crippen molar-refractivity contribution in [2.75, 3.05) is 0 Å². The van der Waals surface area contributed by atoms with Crippen molar-refractivity contribution in [3.63, 3.8) is 0 Å². The zero-order valence-electron chi connectivity index (χ0n) is 28.9. The van der Waals surface area contributed by atoms with Gasteiger partial charge in [0.1, 0.15) is 11.1 Å². The van der Waals surface area contributed by atoms with Gasteiger partial charge in [0.05, 0.1) is 20.1 Å². The molecular formula is C40H32Cl4O10. The van der Waals surface area contributed by atoms with Gasteiger partial charge in [-0.15, -0.1) is 0 Å². The van der Waals surface area contributed by atoms with Crippen LogP contribution in [0.2, 0.25) is 20.1 Å². The van der Waals surface area contributed by atoms with Crippen LogP contribution in [0.25, 0.3) is 11.1 Å². The lowest BCUT2D eigenvalue weighted by atomic mass is 10.0. The van der Waals surface area contributed by atoms with Crippen LogP contribution < -0.4 is 0 Å². The molecule has 10 nitrogen and oxygen atoms in total. The summed E-state index contributed by atoms with van der Waals surface area (Å²) in [6.45, 7) is 4.55. The van der Waals surface area contributed by atoms with Gasteiger partial charge in [0, 0.05) is 42.0 Å².